The first-order valence-corrected chi connectivity index (χ1v) is 6.51. The van der Waals surface area contributed by atoms with E-state index < -0.39 is 0 Å². The predicted octanol–water partition coefficient (Wildman–Crippen LogP) is 3.43. The highest BCUT2D eigenvalue weighted by molar-refractivity contribution is 6.42. The van der Waals surface area contributed by atoms with Crippen molar-refractivity contribution in [3.63, 3.8) is 0 Å². The van der Waals surface area contributed by atoms with Gasteiger partial charge in [-0.3, -0.25) is 4.79 Å². The van der Waals surface area contributed by atoms with Crippen molar-refractivity contribution in [2.24, 2.45) is 0 Å². The van der Waals surface area contributed by atoms with Crippen LogP contribution in [0.3, 0.4) is 0 Å². The Morgan fingerprint density at radius 2 is 2.22 bits per heavy atom. The second-order valence-electron chi connectivity index (χ2n) is 4.28. The molecule has 0 radical (unpaired) electrons. The van der Waals surface area contributed by atoms with E-state index in [9.17, 15) is 4.79 Å². The van der Waals surface area contributed by atoms with E-state index in [0.29, 0.717) is 22.6 Å². The first-order chi connectivity index (χ1) is 8.61. The molecule has 2 rings (SSSR count). The molecule has 1 aliphatic heterocycles. The molecule has 2 atom stereocenters. The van der Waals surface area contributed by atoms with E-state index in [2.05, 4.69) is 0 Å². The molecule has 0 aliphatic carbocycles. The average Bonchev–Trinajstić information content (AvgIpc) is 3.17. The van der Waals surface area contributed by atoms with Crippen LogP contribution in [-0.4, -0.2) is 25.8 Å². The molecule has 0 spiro atoms. The van der Waals surface area contributed by atoms with Crippen molar-refractivity contribution < 1.29 is 14.3 Å². The Labute approximate surface area is 116 Å². The van der Waals surface area contributed by atoms with Crippen molar-refractivity contribution in [1.29, 1.82) is 0 Å². The highest BCUT2D eigenvalue weighted by Crippen LogP contribution is 2.31. The maximum absolute atomic E-state index is 11.8. The minimum absolute atomic E-state index is 0.256. The molecule has 1 fully saturated rings. The highest BCUT2D eigenvalue weighted by atomic mass is 35.5. The fourth-order valence-electron chi connectivity index (χ4n) is 1.88. The first kappa shape index (κ1) is 13.7. The van der Waals surface area contributed by atoms with Gasteiger partial charge in [-0.1, -0.05) is 29.3 Å². The summed E-state index contributed by atoms with van der Waals surface area (Å²) in [6.07, 6.45) is 1.83. The summed E-state index contributed by atoms with van der Waals surface area (Å²) in [5.74, 6) is -0.567. The molecule has 0 bridgehead atoms. The lowest BCUT2D eigenvalue weighted by molar-refractivity contribution is -0.142. The molecule has 98 valence electrons. The SMILES string of the molecule is COC(=O)C(CCC1CO1)c1ccc(Cl)c(Cl)c1. The minimum Gasteiger partial charge on any atom is -0.469 e. The summed E-state index contributed by atoms with van der Waals surface area (Å²) >= 11 is 11.8. The lowest BCUT2D eigenvalue weighted by Gasteiger charge is -2.15. The van der Waals surface area contributed by atoms with Crippen molar-refractivity contribution in [1.82, 2.24) is 0 Å². The third-order valence-electron chi connectivity index (χ3n) is 3.01. The molecule has 1 aromatic carbocycles. The summed E-state index contributed by atoms with van der Waals surface area (Å²) < 4.78 is 9.99. The molecule has 1 heterocycles. The molecular weight excluding hydrogens is 275 g/mol. The molecule has 2 unspecified atom stereocenters. The smallest absolute Gasteiger partial charge is 0.313 e. The third kappa shape index (κ3) is 3.37. The maximum Gasteiger partial charge on any atom is 0.313 e. The van der Waals surface area contributed by atoms with Crippen LogP contribution in [0.4, 0.5) is 0 Å². The predicted molar refractivity (Wildman–Crippen MR) is 70.2 cm³/mol. The van der Waals surface area contributed by atoms with E-state index in [1.165, 1.54) is 7.11 Å². The zero-order valence-corrected chi connectivity index (χ0v) is 11.5. The van der Waals surface area contributed by atoms with Crippen LogP contribution in [0.2, 0.25) is 10.0 Å². The zero-order valence-electron chi connectivity index (χ0n) is 9.99. The maximum atomic E-state index is 11.8. The number of methoxy groups -OCH3 is 1. The van der Waals surface area contributed by atoms with Crippen LogP contribution in [0.1, 0.15) is 24.3 Å². The minimum atomic E-state index is -0.311. The molecule has 1 saturated heterocycles. The van der Waals surface area contributed by atoms with Crippen molar-refractivity contribution in [3.05, 3.63) is 33.8 Å². The quantitative estimate of drug-likeness (QED) is 0.615. The van der Waals surface area contributed by atoms with Gasteiger partial charge in [-0.05, 0) is 30.5 Å². The van der Waals surface area contributed by atoms with E-state index in [1.54, 1.807) is 12.1 Å². The van der Waals surface area contributed by atoms with E-state index in [4.69, 9.17) is 32.7 Å². The Morgan fingerprint density at radius 1 is 1.50 bits per heavy atom. The average molecular weight is 289 g/mol. The fraction of sp³-hybridized carbons (Fsp3) is 0.462. The summed E-state index contributed by atoms with van der Waals surface area (Å²) in [5.41, 5.74) is 0.830. The van der Waals surface area contributed by atoms with Gasteiger partial charge in [-0.2, -0.15) is 0 Å². The number of hydrogen-bond acceptors (Lipinski definition) is 3. The van der Waals surface area contributed by atoms with Crippen LogP contribution < -0.4 is 0 Å². The summed E-state index contributed by atoms with van der Waals surface area (Å²) in [6, 6.07) is 5.23. The van der Waals surface area contributed by atoms with Crippen LogP contribution in [0.15, 0.2) is 18.2 Å². The molecule has 3 nitrogen and oxygen atoms in total. The Bertz CT molecular complexity index is 444. The van der Waals surface area contributed by atoms with Crippen molar-refractivity contribution >= 4 is 29.2 Å². The molecule has 5 heteroatoms. The number of benzene rings is 1. The van der Waals surface area contributed by atoms with E-state index in [1.807, 2.05) is 6.07 Å². The van der Waals surface area contributed by atoms with Crippen molar-refractivity contribution in [3.8, 4) is 0 Å². The lowest BCUT2D eigenvalue weighted by atomic mass is 9.93. The van der Waals surface area contributed by atoms with Gasteiger partial charge in [0.05, 0.1) is 35.8 Å². The van der Waals surface area contributed by atoms with Gasteiger partial charge in [-0.15, -0.1) is 0 Å². The standard InChI is InChI=1S/C13H14Cl2O3/c1-17-13(16)10(4-3-9-7-18-9)8-2-5-11(14)12(15)6-8/h2,5-6,9-10H,3-4,7H2,1H3. The molecule has 1 aromatic rings. The largest absolute Gasteiger partial charge is 0.469 e. The lowest BCUT2D eigenvalue weighted by Crippen LogP contribution is -2.15. The Balaban J connectivity index is 2.14. The van der Waals surface area contributed by atoms with Crippen LogP contribution in [0.5, 0.6) is 0 Å². The number of rotatable bonds is 5. The number of ether oxygens (including phenoxy) is 2. The second-order valence-corrected chi connectivity index (χ2v) is 5.10. The number of epoxide rings is 1. The number of carbonyl (C=O) groups is 1. The zero-order chi connectivity index (χ0) is 13.1. The molecule has 0 aromatic heterocycles. The molecule has 0 N–H and O–H groups in total. The topological polar surface area (TPSA) is 38.8 Å². The summed E-state index contributed by atoms with van der Waals surface area (Å²) in [5, 5.41) is 0.931. The fourth-order valence-corrected chi connectivity index (χ4v) is 2.19. The first-order valence-electron chi connectivity index (χ1n) is 5.76. The number of esters is 1. The number of hydrogen-bond donors (Lipinski definition) is 0. The Morgan fingerprint density at radius 3 is 2.78 bits per heavy atom. The van der Waals surface area contributed by atoms with Gasteiger partial charge in [0, 0.05) is 0 Å². The van der Waals surface area contributed by atoms with Gasteiger partial charge in [0.15, 0.2) is 0 Å². The number of carbonyl (C=O) groups excluding carboxylic acids is 1. The van der Waals surface area contributed by atoms with Crippen LogP contribution in [-0.2, 0) is 14.3 Å². The van der Waals surface area contributed by atoms with Crippen molar-refractivity contribution in [2.75, 3.05) is 13.7 Å². The second kappa shape index (κ2) is 5.91. The highest BCUT2D eigenvalue weighted by Gasteiger charge is 2.28. The monoisotopic (exact) mass is 288 g/mol. The summed E-state index contributed by atoms with van der Waals surface area (Å²) in [4.78, 5) is 11.8. The molecule has 0 amide bonds. The van der Waals surface area contributed by atoms with Crippen LogP contribution in [0, 0.1) is 0 Å². The van der Waals surface area contributed by atoms with Gasteiger partial charge in [0.1, 0.15) is 0 Å². The van der Waals surface area contributed by atoms with Gasteiger partial charge in [-0.25, -0.2) is 0 Å². The van der Waals surface area contributed by atoms with E-state index in [0.717, 1.165) is 18.6 Å². The van der Waals surface area contributed by atoms with Gasteiger partial charge < -0.3 is 9.47 Å². The Hall–Kier alpha value is -0.770. The molecule has 18 heavy (non-hydrogen) atoms. The normalized spacial score (nSPS) is 19.4. The van der Waals surface area contributed by atoms with E-state index in [-0.39, 0.29) is 11.9 Å². The van der Waals surface area contributed by atoms with Crippen molar-refractivity contribution in [2.45, 2.75) is 24.9 Å². The number of halogens is 2. The van der Waals surface area contributed by atoms with E-state index >= 15 is 0 Å². The third-order valence-corrected chi connectivity index (χ3v) is 3.75. The molecule has 0 saturated carbocycles. The van der Waals surface area contributed by atoms with Gasteiger partial charge in [0.25, 0.3) is 0 Å². The van der Waals surface area contributed by atoms with Crippen LogP contribution >= 0.6 is 23.2 Å². The van der Waals surface area contributed by atoms with Crippen LogP contribution in [0.25, 0.3) is 0 Å². The summed E-state index contributed by atoms with van der Waals surface area (Å²) in [6.45, 7) is 0.787. The Kier molecular flexibility index (Phi) is 4.49. The molecule has 1 aliphatic rings. The summed E-state index contributed by atoms with van der Waals surface area (Å²) in [7, 11) is 1.39. The van der Waals surface area contributed by atoms with Gasteiger partial charge >= 0.3 is 5.97 Å². The molecular formula is C13H14Cl2O3. The van der Waals surface area contributed by atoms with Gasteiger partial charge in [0.2, 0.25) is 0 Å².